The Hall–Kier alpha value is -2.87. The molecule has 0 fully saturated rings. The van der Waals surface area contributed by atoms with Gasteiger partial charge in [0.1, 0.15) is 11.6 Å². The summed E-state index contributed by atoms with van der Waals surface area (Å²) in [6.45, 7) is 5.92. The summed E-state index contributed by atoms with van der Waals surface area (Å²) >= 11 is 1.77. The standard InChI is InChI=1S/C21H28N6OS/c1-15-10-17(12-18(11-15)28-4)13-23-21(22-8-7-19-6-5-9-29-19)24-14-20-26-25-16(2)27(20)3/h5-6,9-12H,7-8,13-14H2,1-4H3,(H2,22,23,24). The van der Waals surface area contributed by atoms with E-state index in [0.29, 0.717) is 13.1 Å². The Morgan fingerprint density at radius 1 is 1.21 bits per heavy atom. The third-order valence-electron chi connectivity index (χ3n) is 4.61. The minimum Gasteiger partial charge on any atom is -0.497 e. The molecule has 0 radical (unpaired) electrons. The zero-order valence-electron chi connectivity index (χ0n) is 17.4. The molecule has 2 aromatic heterocycles. The van der Waals surface area contributed by atoms with Crippen molar-refractivity contribution in [2.75, 3.05) is 13.7 Å². The minimum absolute atomic E-state index is 0.555. The van der Waals surface area contributed by atoms with E-state index >= 15 is 0 Å². The quantitative estimate of drug-likeness (QED) is 0.439. The van der Waals surface area contributed by atoms with Crippen molar-refractivity contribution in [2.45, 2.75) is 33.4 Å². The van der Waals surface area contributed by atoms with Crippen molar-refractivity contribution >= 4 is 17.3 Å². The van der Waals surface area contributed by atoms with Gasteiger partial charge in [0.05, 0.1) is 20.2 Å². The van der Waals surface area contributed by atoms with Crippen LogP contribution in [0, 0.1) is 13.8 Å². The monoisotopic (exact) mass is 412 g/mol. The maximum absolute atomic E-state index is 5.37. The van der Waals surface area contributed by atoms with E-state index < -0.39 is 0 Å². The van der Waals surface area contributed by atoms with Gasteiger partial charge in [-0.15, -0.1) is 21.5 Å². The number of thiophene rings is 1. The second kappa shape index (κ2) is 10.1. The van der Waals surface area contributed by atoms with E-state index in [4.69, 9.17) is 9.73 Å². The van der Waals surface area contributed by atoms with Gasteiger partial charge in [0.25, 0.3) is 0 Å². The molecule has 3 rings (SSSR count). The molecule has 0 saturated heterocycles. The number of hydrogen-bond donors (Lipinski definition) is 2. The van der Waals surface area contributed by atoms with E-state index in [1.54, 1.807) is 18.4 Å². The molecular formula is C21H28N6OS. The van der Waals surface area contributed by atoms with E-state index in [2.05, 4.69) is 51.3 Å². The normalized spacial score (nSPS) is 11.5. The van der Waals surface area contributed by atoms with Crippen LogP contribution in [0.4, 0.5) is 0 Å². The summed E-state index contributed by atoms with van der Waals surface area (Å²) in [4.78, 5) is 6.12. The zero-order valence-corrected chi connectivity index (χ0v) is 18.2. The van der Waals surface area contributed by atoms with Gasteiger partial charge in [-0.2, -0.15) is 0 Å². The van der Waals surface area contributed by atoms with Crippen LogP contribution in [-0.2, 0) is 26.6 Å². The van der Waals surface area contributed by atoms with Gasteiger partial charge < -0.3 is 19.9 Å². The Morgan fingerprint density at radius 3 is 2.76 bits per heavy atom. The second-order valence-electron chi connectivity index (χ2n) is 6.86. The highest BCUT2D eigenvalue weighted by Crippen LogP contribution is 2.17. The van der Waals surface area contributed by atoms with Crippen LogP contribution in [0.25, 0.3) is 0 Å². The average molecular weight is 413 g/mol. The molecule has 0 aliphatic carbocycles. The predicted molar refractivity (Wildman–Crippen MR) is 117 cm³/mol. The number of aryl methyl sites for hydroxylation is 2. The fourth-order valence-corrected chi connectivity index (χ4v) is 3.61. The summed E-state index contributed by atoms with van der Waals surface area (Å²) in [6.07, 6.45) is 0.958. The molecule has 0 spiro atoms. The minimum atomic E-state index is 0.555. The number of aliphatic imine (C=N–C) groups is 1. The van der Waals surface area contributed by atoms with Crippen LogP contribution in [0.15, 0.2) is 40.7 Å². The van der Waals surface area contributed by atoms with Crippen molar-refractivity contribution in [1.29, 1.82) is 0 Å². The summed E-state index contributed by atoms with van der Waals surface area (Å²) < 4.78 is 7.35. The van der Waals surface area contributed by atoms with Gasteiger partial charge in [0.15, 0.2) is 11.8 Å². The van der Waals surface area contributed by atoms with E-state index in [1.165, 1.54) is 4.88 Å². The molecule has 8 heteroatoms. The Morgan fingerprint density at radius 2 is 2.07 bits per heavy atom. The Kier molecular flexibility index (Phi) is 7.24. The smallest absolute Gasteiger partial charge is 0.191 e. The zero-order chi connectivity index (χ0) is 20.6. The molecule has 154 valence electrons. The summed E-state index contributed by atoms with van der Waals surface area (Å²) in [7, 11) is 3.65. The first-order chi connectivity index (χ1) is 14.0. The van der Waals surface area contributed by atoms with Crippen LogP contribution < -0.4 is 15.4 Å². The van der Waals surface area contributed by atoms with Gasteiger partial charge in [-0.3, -0.25) is 0 Å². The molecule has 0 aliphatic rings. The molecule has 0 bridgehead atoms. The first-order valence-electron chi connectivity index (χ1n) is 9.59. The van der Waals surface area contributed by atoms with Crippen molar-refractivity contribution in [3.05, 3.63) is 63.4 Å². The number of rotatable bonds is 8. The number of nitrogens with one attached hydrogen (secondary N) is 2. The topological polar surface area (TPSA) is 76.4 Å². The van der Waals surface area contributed by atoms with Gasteiger partial charge >= 0.3 is 0 Å². The van der Waals surface area contributed by atoms with Crippen LogP contribution >= 0.6 is 11.3 Å². The van der Waals surface area contributed by atoms with E-state index in [1.807, 2.05) is 30.7 Å². The highest BCUT2D eigenvalue weighted by atomic mass is 32.1. The molecule has 29 heavy (non-hydrogen) atoms. The Bertz CT molecular complexity index is 948. The van der Waals surface area contributed by atoms with Gasteiger partial charge in [0.2, 0.25) is 0 Å². The summed E-state index contributed by atoms with van der Waals surface area (Å²) in [5, 5.41) is 17.2. The second-order valence-corrected chi connectivity index (χ2v) is 7.89. The number of nitrogens with zero attached hydrogens (tertiary/aromatic N) is 4. The van der Waals surface area contributed by atoms with Crippen molar-refractivity contribution in [3.63, 3.8) is 0 Å². The summed E-state index contributed by atoms with van der Waals surface area (Å²) in [5.41, 5.74) is 2.26. The van der Waals surface area contributed by atoms with Crippen LogP contribution in [-0.4, -0.2) is 34.4 Å². The van der Waals surface area contributed by atoms with Crippen molar-refractivity contribution in [1.82, 2.24) is 25.4 Å². The molecule has 0 amide bonds. The molecule has 0 unspecified atom stereocenters. The molecule has 0 atom stereocenters. The lowest BCUT2D eigenvalue weighted by atomic mass is 10.1. The van der Waals surface area contributed by atoms with Crippen LogP contribution in [0.2, 0.25) is 0 Å². The SMILES string of the molecule is COc1cc(C)cc(CN=C(NCCc2cccs2)NCc2nnc(C)n2C)c1. The van der Waals surface area contributed by atoms with Crippen LogP contribution in [0.1, 0.15) is 27.7 Å². The number of aromatic nitrogens is 3. The highest BCUT2D eigenvalue weighted by molar-refractivity contribution is 7.09. The number of hydrogen-bond acceptors (Lipinski definition) is 5. The Labute approximate surface area is 175 Å². The third-order valence-corrected chi connectivity index (χ3v) is 5.54. The predicted octanol–water partition coefficient (Wildman–Crippen LogP) is 2.98. The molecule has 0 saturated carbocycles. The number of guanidine groups is 1. The largest absolute Gasteiger partial charge is 0.497 e. The third kappa shape index (κ3) is 6.05. The van der Waals surface area contributed by atoms with Crippen LogP contribution in [0.5, 0.6) is 5.75 Å². The highest BCUT2D eigenvalue weighted by Gasteiger charge is 2.07. The number of methoxy groups -OCH3 is 1. The Balaban J connectivity index is 1.67. The van der Waals surface area contributed by atoms with Crippen molar-refractivity contribution < 1.29 is 4.74 Å². The fraction of sp³-hybridized carbons (Fsp3) is 0.381. The fourth-order valence-electron chi connectivity index (χ4n) is 2.91. The molecule has 1 aromatic carbocycles. The van der Waals surface area contributed by atoms with E-state index in [0.717, 1.165) is 47.5 Å². The van der Waals surface area contributed by atoms with Gasteiger partial charge in [-0.05, 0) is 55.0 Å². The van der Waals surface area contributed by atoms with E-state index in [9.17, 15) is 0 Å². The number of ether oxygens (including phenoxy) is 1. The summed E-state index contributed by atoms with van der Waals surface area (Å²) in [6, 6.07) is 10.4. The average Bonchev–Trinajstić information content (AvgIpc) is 3.34. The molecule has 7 nitrogen and oxygen atoms in total. The molecular weight excluding hydrogens is 384 g/mol. The first kappa shape index (κ1) is 20.9. The van der Waals surface area contributed by atoms with Crippen molar-refractivity contribution in [3.8, 4) is 5.75 Å². The first-order valence-corrected chi connectivity index (χ1v) is 10.5. The number of benzene rings is 1. The van der Waals surface area contributed by atoms with Gasteiger partial charge in [-0.1, -0.05) is 12.1 Å². The van der Waals surface area contributed by atoms with E-state index in [-0.39, 0.29) is 0 Å². The van der Waals surface area contributed by atoms with Gasteiger partial charge in [0, 0.05) is 18.5 Å². The maximum Gasteiger partial charge on any atom is 0.191 e. The van der Waals surface area contributed by atoms with Gasteiger partial charge in [-0.25, -0.2) is 4.99 Å². The molecule has 2 heterocycles. The van der Waals surface area contributed by atoms with Crippen molar-refractivity contribution in [2.24, 2.45) is 12.0 Å². The molecule has 3 aromatic rings. The molecule has 2 N–H and O–H groups in total. The lowest BCUT2D eigenvalue weighted by molar-refractivity contribution is 0.414. The lowest BCUT2D eigenvalue weighted by Gasteiger charge is -2.13. The maximum atomic E-state index is 5.37. The molecule has 0 aliphatic heterocycles. The summed E-state index contributed by atoms with van der Waals surface area (Å²) in [5.74, 6) is 3.36. The lowest BCUT2D eigenvalue weighted by Crippen LogP contribution is -2.38. The van der Waals surface area contributed by atoms with Crippen LogP contribution in [0.3, 0.4) is 0 Å².